The molecule has 2 fully saturated rings. The predicted octanol–water partition coefficient (Wildman–Crippen LogP) is 4.68. The molecule has 7 nitrogen and oxygen atoms in total. The van der Waals surface area contributed by atoms with Crippen LogP contribution in [0.2, 0.25) is 5.02 Å². The van der Waals surface area contributed by atoms with Crippen LogP contribution < -0.4 is 0 Å². The third-order valence-corrected chi connectivity index (χ3v) is 8.29. The molecule has 2 aromatic carbocycles. The maximum atomic E-state index is 14.0. The van der Waals surface area contributed by atoms with Crippen LogP contribution in [0.4, 0.5) is 4.79 Å². The summed E-state index contributed by atoms with van der Waals surface area (Å²) in [5.74, 6) is -0.00359. The van der Waals surface area contributed by atoms with Crippen molar-refractivity contribution in [3.05, 3.63) is 64.3 Å². The quantitative estimate of drug-likeness (QED) is 0.507. The number of phenolic OH excluding ortho intramolecular Hbond substituents is 1. The third kappa shape index (κ3) is 3.36. The zero-order valence-electron chi connectivity index (χ0n) is 19.8. The molecule has 6 rings (SSSR count). The predicted molar refractivity (Wildman–Crippen MR) is 135 cm³/mol. The largest absolute Gasteiger partial charge is 0.508 e. The number of phenols is 1. The van der Waals surface area contributed by atoms with E-state index in [1.807, 2.05) is 31.2 Å². The Labute approximate surface area is 209 Å². The highest BCUT2D eigenvalue weighted by molar-refractivity contribution is 6.31. The second-order valence-electron chi connectivity index (χ2n) is 9.92. The van der Waals surface area contributed by atoms with Gasteiger partial charge in [0.15, 0.2) is 0 Å². The van der Waals surface area contributed by atoms with Gasteiger partial charge in [0, 0.05) is 41.1 Å². The van der Waals surface area contributed by atoms with Gasteiger partial charge in [-0.15, -0.1) is 0 Å². The highest BCUT2D eigenvalue weighted by Crippen LogP contribution is 2.50. The van der Waals surface area contributed by atoms with Crippen molar-refractivity contribution in [2.75, 3.05) is 26.2 Å². The Kier molecular flexibility index (Phi) is 5.31. The van der Waals surface area contributed by atoms with E-state index in [1.54, 1.807) is 23.1 Å². The fourth-order valence-corrected chi connectivity index (χ4v) is 6.43. The van der Waals surface area contributed by atoms with Crippen LogP contribution in [0.25, 0.3) is 10.9 Å². The smallest absolute Gasteiger partial charge is 0.328 e. The first kappa shape index (κ1) is 22.4. The lowest BCUT2D eigenvalue weighted by atomic mass is 9.78. The number of halogens is 1. The van der Waals surface area contributed by atoms with E-state index < -0.39 is 11.6 Å². The maximum absolute atomic E-state index is 14.0. The van der Waals surface area contributed by atoms with E-state index in [4.69, 9.17) is 11.6 Å². The van der Waals surface area contributed by atoms with Gasteiger partial charge in [0.05, 0.1) is 0 Å². The van der Waals surface area contributed by atoms with Gasteiger partial charge in [0.2, 0.25) is 0 Å². The van der Waals surface area contributed by atoms with E-state index in [9.17, 15) is 14.7 Å². The maximum Gasteiger partial charge on any atom is 0.328 e. The van der Waals surface area contributed by atoms with Gasteiger partial charge >= 0.3 is 6.03 Å². The van der Waals surface area contributed by atoms with Crippen molar-refractivity contribution < 1.29 is 14.7 Å². The molecule has 0 spiro atoms. The van der Waals surface area contributed by atoms with Crippen molar-refractivity contribution in [1.82, 2.24) is 19.7 Å². The number of benzene rings is 2. The summed E-state index contributed by atoms with van der Waals surface area (Å²) in [5.41, 5.74) is 2.59. The lowest BCUT2D eigenvalue weighted by molar-refractivity contribution is -0.134. The van der Waals surface area contributed by atoms with Crippen LogP contribution in [0.5, 0.6) is 5.75 Å². The molecule has 182 valence electrons. The van der Waals surface area contributed by atoms with E-state index in [0.717, 1.165) is 53.7 Å². The Balaban J connectivity index is 1.50. The van der Waals surface area contributed by atoms with Crippen molar-refractivity contribution >= 4 is 34.4 Å². The second kappa shape index (κ2) is 8.28. The number of nitrogens with one attached hydrogen (secondary N) is 1. The number of carbonyl (C=O) groups is 2. The van der Waals surface area contributed by atoms with Crippen LogP contribution in [0.3, 0.4) is 0 Å². The highest BCUT2D eigenvalue weighted by atomic mass is 35.5. The molecule has 3 aliphatic rings. The number of urea groups is 1. The number of carbonyl (C=O) groups excluding carboxylic acids is 2. The molecule has 8 heteroatoms. The van der Waals surface area contributed by atoms with E-state index in [2.05, 4.69) is 9.88 Å². The number of aromatic hydroxyl groups is 1. The second-order valence-corrected chi connectivity index (χ2v) is 10.4. The molecular weight excluding hydrogens is 464 g/mol. The van der Waals surface area contributed by atoms with E-state index >= 15 is 0 Å². The zero-order chi connectivity index (χ0) is 24.3. The summed E-state index contributed by atoms with van der Waals surface area (Å²) < 4.78 is 0. The van der Waals surface area contributed by atoms with Crippen molar-refractivity contribution in [2.45, 2.75) is 44.2 Å². The van der Waals surface area contributed by atoms with Crippen LogP contribution in [-0.2, 0) is 11.2 Å². The van der Waals surface area contributed by atoms with Gasteiger partial charge in [0.1, 0.15) is 17.3 Å². The molecule has 2 saturated heterocycles. The van der Waals surface area contributed by atoms with E-state index in [-0.39, 0.29) is 17.7 Å². The number of hydrogen-bond acceptors (Lipinski definition) is 4. The van der Waals surface area contributed by atoms with E-state index in [0.29, 0.717) is 31.0 Å². The molecule has 2 N–H and O–H groups in total. The molecule has 0 saturated carbocycles. The number of imide groups is 1. The summed E-state index contributed by atoms with van der Waals surface area (Å²) in [6.07, 6.45) is 3.26. The molecule has 35 heavy (non-hydrogen) atoms. The van der Waals surface area contributed by atoms with Crippen LogP contribution in [0.1, 0.15) is 49.0 Å². The molecule has 0 aliphatic carbocycles. The third-order valence-electron chi connectivity index (χ3n) is 8.05. The van der Waals surface area contributed by atoms with Crippen LogP contribution >= 0.6 is 11.6 Å². The van der Waals surface area contributed by atoms with Gasteiger partial charge in [-0.05, 0) is 73.8 Å². The zero-order valence-corrected chi connectivity index (χ0v) is 20.5. The first-order valence-corrected chi connectivity index (χ1v) is 12.8. The molecule has 3 aliphatic heterocycles. The number of likely N-dealkylation sites (tertiary alicyclic amines) is 1. The van der Waals surface area contributed by atoms with Crippen molar-refractivity contribution in [3.63, 3.8) is 0 Å². The van der Waals surface area contributed by atoms with Crippen LogP contribution in [-0.4, -0.2) is 68.4 Å². The number of amides is 3. The molecule has 2 atom stereocenters. The fraction of sp³-hybridized carbons (Fsp3) is 0.407. The van der Waals surface area contributed by atoms with Gasteiger partial charge in [-0.25, -0.2) is 4.79 Å². The highest BCUT2D eigenvalue weighted by Gasteiger charge is 2.61. The number of aromatic amines is 1. The number of hydrogen-bond donors (Lipinski definition) is 2. The van der Waals surface area contributed by atoms with Gasteiger partial charge in [-0.1, -0.05) is 30.7 Å². The number of H-pyrrole nitrogens is 1. The van der Waals surface area contributed by atoms with Gasteiger partial charge < -0.3 is 15.0 Å². The normalized spacial score (nSPS) is 24.5. The average Bonchev–Trinajstić information content (AvgIpc) is 3.54. The summed E-state index contributed by atoms with van der Waals surface area (Å²) in [7, 11) is 0. The molecular formula is C27H29ClN4O3. The molecule has 0 radical (unpaired) electrons. The molecule has 3 amide bonds. The minimum Gasteiger partial charge on any atom is -0.508 e. The van der Waals surface area contributed by atoms with Gasteiger partial charge in [-0.2, -0.15) is 0 Å². The standard InChI is InChI=1S/C27H29ClN4O3/c1-2-27-16-21-20-15-18(28)8-9-22(20)29-23(21)24(17-6-5-7-19(33)14-17)32(27)26(35)31(25(27)34)13-12-30-10-3-4-11-30/h5-9,14-15,24,29,33H,2-4,10-13,16H2,1H3. The first-order chi connectivity index (χ1) is 16.9. The number of nitrogens with zero attached hydrogens (tertiary/aromatic N) is 3. The topological polar surface area (TPSA) is 79.9 Å². The fourth-order valence-electron chi connectivity index (χ4n) is 6.26. The lowest BCUT2D eigenvalue weighted by Gasteiger charge is -2.44. The van der Waals surface area contributed by atoms with Gasteiger partial charge in [0.25, 0.3) is 5.91 Å². The Hall–Kier alpha value is -3.03. The summed E-state index contributed by atoms with van der Waals surface area (Å²) in [6, 6.07) is 11.9. The van der Waals surface area contributed by atoms with E-state index in [1.165, 1.54) is 4.90 Å². The first-order valence-electron chi connectivity index (χ1n) is 12.4. The number of aromatic nitrogens is 1. The minimum atomic E-state index is -0.983. The summed E-state index contributed by atoms with van der Waals surface area (Å²) in [6.45, 7) is 5.10. The Morgan fingerprint density at radius 2 is 1.91 bits per heavy atom. The van der Waals surface area contributed by atoms with Crippen molar-refractivity contribution in [3.8, 4) is 5.75 Å². The molecule has 3 aromatic rings. The molecule has 4 heterocycles. The summed E-state index contributed by atoms with van der Waals surface area (Å²) in [5, 5.41) is 11.9. The monoisotopic (exact) mass is 492 g/mol. The summed E-state index contributed by atoms with van der Waals surface area (Å²) >= 11 is 6.36. The Morgan fingerprint density at radius 3 is 2.66 bits per heavy atom. The number of fused-ring (bicyclic) bond motifs is 4. The Bertz CT molecular complexity index is 1330. The minimum absolute atomic E-state index is 0.125. The Morgan fingerprint density at radius 1 is 1.11 bits per heavy atom. The molecule has 2 unspecified atom stereocenters. The molecule has 0 bridgehead atoms. The lowest BCUT2D eigenvalue weighted by Crippen LogP contribution is -2.55. The average molecular weight is 493 g/mol. The summed E-state index contributed by atoms with van der Waals surface area (Å²) in [4.78, 5) is 37.1. The van der Waals surface area contributed by atoms with Crippen molar-refractivity contribution in [2.24, 2.45) is 0 Å². The van der Waals surface area contributed by atoms with Crippen molar-refractivity contribution in [1.29, 1.82) is 0 Å². The molecule has 1 aromatic heterocycles. The van der Waals surface area contributed by atoms with Crippen LogP contribution in [0, 0.1) is 0 Å². The number of rotatable bonds is 5. The van der Waals surface area contributed by atoms with Crippen LogP contribution in [0.15, 0.2) is 42.5 Å². The van der Waals surface area contributed by atoms with Gasteiger partial charge in [-0.3, -0.25) is 14.6 Å². The SMILES string of the molecule is CCC12Cc3c([nH]c4ccc(Cl)cc34)C(c3cccc(O)c3)N1C(=O)N(CCN1CCCC1)C2=O.